The standard InChI is InChI=1S/C29H25NO2/c1-2-32-29(31)20-14-15-26-25(17-20)23-12-7-13-24(23)28(30-26)27-21-10-5-3-8-18(21)16-19-9-4-6-11-22(19)27/h3-12,14-17,23-24,28,30H,2,13H2,1H3. The molecule has 3 heteroatoms. The summed E-state index contributed by atoms with van der Waals surface area (Å²) in [6, 6.07) is 25.8. The topological polar surface area (TPSA) is 38.3 Å². The van der Waals surface area contributed by atoms with Crippen molar-refractivity contribution in [3.8, 4) is 0 Å². The minimum absolute atomic E-state index is 0.187. The normalized spacial score (nSPS) is 21.2. The molecule has 1 aliphatic heterocycles. The predicted octanol–water partition coefficient (Wildman–Crippen LogP) is 7.00. The first-order valence-electron chi connectivity index (χ1n) is 11.4. The van der Waals surface area contributed by atoms with Gasteiger partial charge in [0.1, 0.15) is 0 Å². The van der Waals surface area contributed by atoms with Crippen LogP contribution in [0.25, 0.3) is 21.5 Å². The lowest BCUT2D eigenvalue weighted by atomic mass is 9.75. The Morgan fingerprint density at radius 2 is 1.69 bits per heavy atom. The highest BCUT2D eigenvalue weighted by Gasteiger charge is 2.39. The molecule has 0 fully saturated rings. The van der Waals surface area contributed by atoms with Crippen LogP contribution in [0.3, 0.4) is 0 Å². The molecule has 2 aliphatic rings. The first-order valence-corrected chi connectivity index (χ1v) is 11.4. The zero-order valence-corrected chi connectivity index (χ0v) is 18.0. The lowest BCUT2D eigenvalue weighted by Gasteiger charge is -2.38. The van der Waals surface area contributed by atoms with E-state index < -0.39 is 0 Å². The molecule has 0 aromatic heterocycles. The molecule has 32 heavy (non-hydrogen) atoms. The Labute approximate surface area is 187 Å². The van der Waals surface area contributed by atoms with E-state index in [2.05, 4.69) is 72.1 Å². The molecule has 6 rings (SSSR count). The summed E-state index contributed by atoms with van der Waals surface area (Å²) in [4.78, 5) is 12.3. The largest absolute Gasteiger partial charge is 0.462 e. The number of nitrogens with one attached hydrogen (secondary N) is 1. The Balaban J connectivity index is 1.53. The summed E-state index contributed by atoms with van der Waals surface area (Å²) < 4.78 is 5.24. The molecule has 0 spiro atoms. The number of fused-ring (bicyclic) bond motifs is 5. The maximum atomic E-state index is 12.3. The fourth-order valence-electron chi connectivity index (χ4n) is 5.61. The highest BCUT2D eigenvalue weighted by atomic mass is 16.5. The fourth-order valence-corrected chi connectivity index (χ4v) is 5.61. The molecule has 1 aliphatic carbocycles. The van der Waals surface area contributed by atoms with Crippen LogP contribution in [0.5, 0.6) is 0 Å². The van der Waals surface area contributed by atoms with E-state index >= 15 is 0 Å². The number of rotatable bonds is 3. The van der Waals surface area contributed by atoms with Gasteiger partial charge in [0.25, 0.3) is 0 Å². The van der Waals surface area contributed by atoms with E-state index in [0.29, 0.717) is 18.1 Å². The van der Waals surface area contributed by atoms with E-state index in [0.717, 1.165) is 12.1 Å². The summed E-state index contributed by atoms with van der Waals surface area (Å²) in [5, 5.41) is 9.03. The van der Waals surface area contributed by atoms with Gasteiger partial charge in [-0.25, -0.2) is 4.79 Å². The lowest BCUT2D eigenvalue weighted by Crippen LogP contribution is -2.29. The van der Waals surface area contributed by atoms with Crippen molar-refractivity contribution < 1.29 is 9.53 Å². The van der Waals surface area contributed by atoms with Crippen LogP contribution < -0.4 is 5.32 Å². The van der Waals surface area contributed by atoms with Crippen molar-refractivity contribution in [1.29, 1.82) is 0 Å². The summed E-state index contributed by atoms with van der Waals surface area (Å²) in [5.41, 5.74) is 4.29. The quantitative estimate of drug-likeness (QED) is 0.221. The molecular formula is C29H25NO2. The molecule has 1 heterocycles. The molecule has 1 N–H and O–H groups in total. The number of benzene rings is 4. The van der Waals surface area contributed by atoms with E-state index in [9.17, 15) is 4.79 Å². The van der Waals surface area contributed by atoms with Crippen molar-refractivity contribution >= 4 is 33.2 Å². The lowest BCUT2D eigenvalue weighted by molar-refractivity contribution is 0.0526. The first kappa shape index (κ1) is 19.1. The molecule has 0 bridgehead atoms. The van der Waals surface area contributed by atoms with Gasteiger partial charge in [0.15, 0.2) is 0 Å². The van der Waals surface area contributed by atoms with Gasteiger partial charge in [-0.15, -0.1) is 0 Å². The van der Waals surface area contributed by atoms with Crippen LogP contribution in [0.4, 0.5) is 5.69 Å². The van der Waals surface area contributed by atoms with Crippen molar-refractivity contribution in [3.63, 3.8) is 0 Å². The van der Waals surface area contributed by atoms with Crippen molar-refractivity contribution in [2.24, 2.45) is 5.92 Å². The number of ether oxygens (including phenoxy) is 1. The smallest absolute Gasteiger partial charge is 0.338 e. The van der Waals surface area contributed by atoms with Gasteiger partial charge in [-0.3, -0.25) is 0 Å². The molecular weight excluding hydrogens is 394 g/mol. The highest BCUT2D eigenvalue weighted by Crippen LogP contribution is 2.52. The van der Waals surface area contributed by atoms with Crippen LogP contribution in [0.15, 0.2) is 84.9 Å². The van der Waals surface area contributed by atoms with E-state index in [4.69, 9.17) is 4.74 Å². The Morgan fingerprint density at radius 3 is 2.41 bits per heavy atom. The zero-order chi connectivity index (χ0) is 21.7. The average Bonchev–Trinajstić information content (AvgIpc) is 3.32. The fraction of sp³-hybridized carbons (Fsp3) is 0.207. The van der Waals surface area contributed by atoms with E-state index in [-0.39, 0.29) is 17.9 Å². The third-order valence-electron chi connectivity index (χ3n) is 7.00. The Kier molecular flexibility index (Phi) is 4.50. The van der Waals surface area contributed by atoms with Crippen LogP contribution in [0.1, 0.15) is 46.8 Å². The minimum atomic E-state index is -0.254. The van der Waals surface area contributed by atoms with Gasteiger partial charge in [-0.1, -0.05) is 60.7 Å². The monoisotopic (exact) mass is 419 g/mol. The molecule has 3 nitrogen and oxygen atoms in total. The Morgan fingerprint density at radius 1 is 0.969 bits per heavy atom. The van der Waals surface area contributed by atoms with Gasteiger partial charge in [-0.05, 0) is 76.2 Å². The Bertz CT molecular complexity index is 1330. The number of anilines is 1. The van der Waals surface area contributed by atoms with Gasteiger partial charge in [0.05, 0.1) is 18.2 Å². The molecule has 158 valence electrons. The van der Waals surface area contributed by atoms with Crippen molar-refractivity contribution in [1.82, 2.24) is 0 Å². The Hall–Kier alpha value is -3.59. The number of carbonyl (C=O) groups excluding carboxylic acids is 1. The average molecular weight is 420 g/mol. The molecule has 0 radical (unpaired) electrons. The number of allylic oxidation sites excluding steroid dienone is 2. The van der Waals surface area contributed by atoms with Crippen LogP contribution in [-0.4, -0.2) is 12.6 Å². The van der Waals surface area contributed by atoms with E-state index in [1.807, 2.05) is 25.1 Å². The number of hydrogen-bond donors (Lipinski definition) is 1. The van der Waals surface area contributed by atoms with Gasteiger partial charge in [0, 0.05) is 11.6 Å². The predicted molar refractivity (Wildman–Crippen MR) is 130 cm³/mol. The molecule has 3 unspecified atom stereocenters. The molecule has 0 amide bonds. The SMILES string of the molecule is CCOC(=O)c1ccc2c(c1)C1C=CCC1C(c1c3ccccc3cc3ccccc13)N2. The second-order valence-corrected chi connectivity index (χ2v) is 8.73. The first-order chi connectivity index (χ1) is 15.7. The number of hydrogen-bond acceptors (Lipinski definition) is 3. The summed E-state index contributed by atoms with van der Waals surface area (Å²) in [6.07, 6.45) is 5.63. The third kappa shape index (κ3) is 2.92. The molecule has 4 aromatic carbocycles. The number of esters is 1. The molecule has 0 saturated carbocycles. The highest BCUT2D eigenvalue weighted by molar-refractivity contribution is 6.03. The van der Waals surface area contributed by atoms with Gasteiger partial charge >= 0.3 is 5.97 Å². The second-order valence-electron chi connectivity index (χ2n) is 8.73. The van der Waals surface area contributed by atoms with Crippen LogP contribution in [0, 0.1) is 5.92 Å². The summed E-state index contributed by atoms with van der Waals surface area (Å²) in [5.74, 6) is 0.425. The van der Waals surface area contributed by atoms with Crippen molar-refractivity contribution in [2.75, 3.05) is 11.9 Å². The van der Waals surface area contributed by atoms with Crippen molar-refractivity contribution in [3.05, 3.63) is 102 Å². The third-order valence-corrected chi connectivity index (χ3v) is 7.00. The van der Waals surface area contributed by atoms with Crippen LogP contribution in [0.2, 0.25) is 0 Å². The minimum Gasteiger partial charge on any atom is -0.462 e. The number of carbonyl (C=O) groups is 1. The molecule has 3 atom stereocenters. The molecule has 4 aromatic rings. The van der Waals surface area contributed by atoms with Crippen molar-refractivity contribution in [2.45, 2.75) is 25.3 Å². The van der Waals surface area contributed by atoms with Gasteiger partial charge in [-0.2, -0.15) is 0 Å². The summed E-state index contributed by atoms with van der Waals surface area (Å²) in [6.45, 7) is 2.23. The maximum Gasteiger partial charge on any atom is 0.338 e. The van der Waals surface area contributed by atoms with Gasteiger partial charge < -0.3 is 10.1 Å². The van der Waals surface area contributed by atoms with Crippen LogP contribution >= 0.6 is 0 Å². The van der Waals surface area contributed by atoms with Gasteiger partial charge in [0.2, 0.25) is 0 Å². The zero-order valence-electron chi connectivity index (χ0n) is 18.0. The summed E-state index contributed by atoms with van der Waals surface area (Å²) in [7, 11) is 0. The van der Waals surface area contributed by atoms with Crippen LogP contribution in [-0.2, 0) is 4.74 Å². The molecule has 0 saturated heterocycles. The second kappa shape index (κ2) is 7.52. The van der Waals surface area contributed by atoms with E-state index in [1.54, 1.807) is 0 Å². The summed E-state index contributed by atoms with van der Waals surface area (Å²) >= 11 is 0. The van der Waals surface area contributed by atoms with E-state index in [1.165, 1.54) is 32.7 Å². The maximum absolute atomic E-state index is 12.3.